The minimum absolute atomic E-state index is 0.152. The molecule has 1 atom stereocenters. The zero-order valence-corrected chi connectivity index (χ0v) is 28.3. The average Bonchev–Trinajstić information content (AvgIpc) is 2.88. The normalized spacial score (nSPS) is 23.0. The average molecular weight is 561 g/mol. The quantitative estimate of drug-likeness (QED) is 0.304. The van der Waals surface area contributed by atoms with Gasteiger partial charge in [-0.05, 0) is 119 Å². The first-order chi connectivity index (χ1) is 19.0. The molecule has 0 amide bonds. The van der Waals surface area contributed by atoms with Crippen LogP contribution in [0.5, 0.6) is 5.75 Å². The smallest absolute Gasteiger partial charge is 0.119 e. The molecule has 3 nitrogen and oxygen atoms in total. The van der Waals surface area contributed by atoms with E-state index in [0.717, 1.165) is 18.6 Å². The fraction of sp³-hybridized carbons (Fsp3) is 0.684. The molecule has 1 saturated carbocycles. The third kappa shape index (κ3) is 7.96. The van der Waals surface area contributed by atoms with Crippen molar-refractivity contribution >= 4 is 0 Å². The van der Waals surface area contributed by atoms with Crippen molar-refractivity contribution in [1.82, 2.24) is 9.80 Å². The number of ether oxygens (including phenoxy) is 1. The van der Waals surface area contributed by atoms with Gasteiger partial charge in [0.05, 0.1) is 0 Å². The maximum Gasteiger partial charge on any atom is 0.119 e. The van der Waals surface area contributed by atoms with Gasteiger partial charge < -0.3 is 4.74 Å². The van der Waals surface area contributed by atoms with Crippen LogP contribution in [0.15, 0.2) is 48.5 Å². The summed E-state index contributed by atoms with van der Waals surface area (Å²) in [5.41, 5.74) is 5.09. The number of benzene rings is 2. The second-order valence-corrected chi connectivity index (χ2v) is 16.5. The van der Waals surface area contributed by atoms with Crippen LogP contribution < -0.4 is 4.74 Å². The number of hydrogen-bond acceptors (Lipinski definition) is 3. The number of likely N-dealkylation sites (tertiary alicyclic amines) is 1. The molecule has 2 aromatic rings. The predicted molar refractivity (Wildman–Crippen MR) is 176 cm³/mol. The third-order valence-corrected chi connectivity index (χ3v) is 10.5. The lowest BCUT2D eigenvalue weighted by Crippen LogP contribution is -2.55. The van der Waals surface area contributed by atoms with E-state index in [-0.39, 0.29) is 21.9 Å². The first-order valence-corrected chi connectivity index (χ1v) is 16.3. The molecule has 1 aliphatic heterocycles. The van der Waals surface area contributed by atoms with Crippen LogP contribution in [0.1, 0.15) is 130 Å². The lowest BCUT2D eigenvalue weighted by atomic mass is 9.75. The first kappa shape index (κ1) is 32.1. The summed E-state index contributed by atoms with van der Waals surface area (Å²) in [5.74, 6) is 1.66. The summed E-state index contributed by atoms with van der Waals surface area (Å²) in [7, 11) is 2.33. The zero-order chi connectivity index (χ0) is 30.2. The topological polar surface area (TPSA) is 15.7 Å². The Morgan fingerprint density at radius 3 is 1.93 bits per heavy atom. The number of nitrogens with zero attached hydrogens (tertiary/aromatic N) is 2. The van der Waals surface area contributed by atoms with Gasteiger partial charge in [-0.2, -0.15) is 0 Å². The molecule has 0 aromatic heterocycles. The highest BCUT2D eigenvalue weighted by molar-refractivity contribution is 5.32. The van der Waals surface area contributed by atoms with E-state index in [1.165, 1.54) is 55.5 Å². The summed E-state index contributed by atoms with van der Waals surface area (Å²) in [4.78, 5) is 5.29. The summed E-state index contributed by atoms with van der Waals surface area (Å²) < 4.78 is 6.33. The van der Waals surface area contributed by atoms with Crippen molar-refractivity contribution in [3.05, 3.63) is 65.2 Å². The van der Waals surface area contributed by atoms with Gasteiger partial charge >= 0.3 is 0 Å². The minimum Gasteiger partial charge on any atom is -0.490 e. The summed E-state index contributed by atoms with van der Waals surface area (Å²) in [6, 6.07) is 19.0. The Bertz CT molecular complexity index is 1110. The van der Waals surface area contributed by atoms with Gasteiger partial charge in [-0.25, -0.2) is 0 Å². The number of piperidine rings is 1. The van der Waals surface area contributed by atoms with Crippen LogP contribution in [0.25, 0.3) is 0 Å². The largest absolute Gasteiger partial charge is 0.490 e. The Morgan fingerprint density at radius 2 is 1.37 bits per heavy atom. The SMILES string of the molecule is CN(C1CC(Oc2ccc(C(C)(C)C)cc2)C1)C(C)(C)CCC(C)(C)c1ccc(C2CCCN(C(C)(C)C)C2)cc1. The monoisotopic (exact) mass is 560 g/mol. The molecular weight excluding hydrogens is 500 g/mol. The van der Waals surface area contributed by atoms with Gasteiger partial charge in [-0.3, -0.25) is 9.80 Å². The predicted octanol–water partition coefficient (Wildman–Crippen LogP) is 9.34. The van der Waals surface area contributed by atoms with Crippen molar-refractivity contribution in [3.63, 3.8) is 0 Å². The van der Waals surface area contributed by atoms with Crippen molar-refractivity contribution < 1.29 is 4.74 Å². The number of hydrogen-bond donors (Lipinski definition) is 0. The van der Waals surface area contributed by atoms with Gasteiger partial charge in [0, 0.05) is 36.5 Å². The van der Waals surface area contributed by atoms with Crippen LogP contribution >= 0.6 is 0 Å². The van der Waals surface area contributed by atoms with E-state index in [1.807, 2.05) is 0 Å². The lowest BCUT2D eigenvalue weighted by Gasteiger charge is -2.48. The van der Waals surface area contributed by atoms with Gasteiger partial charge in [-0.1, -0.05) is 71.0 Å². The second-order valence-electron chi connectivity index (χ2n) is 16.5. The van der Waals surface area contributed by atoms with Crippen LogP contribution in [0.4, 0.5) is 0 Å². The summed E-state index contributed by atoms with van der Waals surface area (Å²) in [6.45, 7) is 25.9. The zero-order valence-electron chi connectivity index (χ0n) is 28.3. The maximum absolute atomic E-state index is 6.33. The van der Waals surface area contributed by atoms with E-state index in [4.69, 9.17) is 4.74 Å². The van der Waals surface area contributed by atoms with Gasteiger partial charge in [0.15, 0.2) is 0 Å². The molecule has 1 heterocycles. The molecule has 1 saturated heterocycles. The molecular formula is C38H60N2O. The van der Waals surface area contributed by atoms with Crippen molar-refractivity contribution in [2.45, 2.75) is 148 Å². The molecule has 4 rings (SSSR count). The van der Waals surface area contributed by atoms with Crippen LogP contribution in [-0.4, -0.2) is 53.2 Å². The van der Waals surface area contributed by atoms with Crippen LogP contribution in [0.2, 0.25) is 0 Å². The Labute approximate surface area is 253 Å². The maximum atomic E-state index is 6.33. The van der Waals surface area contributed by atoms with E-state index >= 15 is 0 Å². The van der Waals surface area contributed by atoms with E-state index in [9.17, 15) is 0 Å². The van der Waals surface area contributed by atoms with E-state index < -0.39 is 0 Å². The van der Waals surface area contributed by atoms with E-state index in [2.05, 4.69) is 135 Å². The van der Waals surface area contributed by atoms with Crippen LogP contribution in [0, 0.1) is 0 Å². The van der Waals surface area contributed by atoms with Gasteiger partial charge in [0.2, 0.25) is 0 Å². The van der Waals surface area contributed by atoms with Crippen molar-refractivity contribution in [1.29, 1.82) is 0 Å². The van der Waals surface area contributed by atoms with Gasteiger partial charge in [0.25, 0.3) is 0 Å². The van der Waals surface area contributed by atoms with Crippen LogP contribution in [0.3, 0.4) is 0 Å². The highest BCUT2D eigenvalue weighted by atomic mass is 16.5. The molecule has 1 unspecified atom stereocenters. The van der Waals surface area contributed by atoms with Crippen molar-refractivity contribution in [3.8, 4) is 5.75 Å². The molecule has 2 aromatic carbocycles. The highest BCUT2D eigenvalue weighted by Gasteiger charge is 2.40. The fourth-order valence-electron chi connectivity index (χ4n) is 6.67. The molecule has 2 aliphatic rings. The standard InChI is InChI=1S/C38H60N2O/c1-35(2,3)30-18-20-33(21-19-30)41-34-25-32(26-34)39(11)38(9,10)23-22-37(7,8)31-16-14-28(15-17-31)29-13-12-24-40(27-29)36(4,5)6/h14-21,29,32,34H,12-13,22-27H2,1-11H3. The van der Waals surface area contributed by atoms with E-state index in [1.54, 1.807) is 0 Å². The second kappa shape index (κ2) is 12.0. The highest BCUT2D eigenvalue weighted by Crippen LogP contribution is 2.38. The minimum atomic E-state index is 0.152. The molecule has 0 spiro atoms. The molecule has 228 valence electrons. The van der Waals surface area contributed by atoms with Crippen LogP contribution in [-0.2, 0) is 10.8 Å². The Morgan fingerprint density at radius 1 is 0.780 bits per heavy atom. The summed E-state index contributed by atoms with van der Waals surface area (Å²) in [6.07, 6.45) is 7.52. The Hall–Kier alpha value is -1.84. The fourth-order valence-corrected chi connectivity index (χ4v) is 6.67. The molecule has 1 aliphatic carbocycles. The molecule has 0 radical (unpaired) electrons. The van der Waals surface area contributed by atoms with Gasteiger partial charge in [0.1, 0.15) is 11.9 Å². The lowest BCUT2D eigenvalue weighted by molar-refractivity contribution is -0.0191. The summed E-state index contributed by atoms with van der Waals surface area (Å²) >= 11 is 0. The number of rotatable bonds is 9. The Balaban J connectivity index is 1.27. The van der Waals surface area contributed by atoms with Crippen molar-refractivity contribution in [2.75, 3.05) is 20.1 Å². The van der Waals surface area contributed by atoms with Crippen molar-refractivity contribution in [2.24, 2.45) is 0 Å². The Kier molecular flexibility index (Phi) is 9.42. The molecule has 0 N–H and O–H groups in total. The molecule has 3 heteroatoms. The third-order valence-electron chi connectivity index (χ3n) is 10.5. The molecule has 0 bridgehead atoms. The first-order valence-electron chi connectivity index (χ1n) is 16.3. The van der Waals surface area contributed by atoms with E-state index in [0.29, 0.717) is 18.1 Å². The van der Waals surface area contributed by atoms with Gasteiger partial charge in [-0.15, -0.1) is 0 Å². The molecule has 2 fully saturated rings. The summed E-state index contributed by atoms with van der Waals surface area (Å²) in [5, 5.41) is 0. The molecule has 41 heavy (non-hydrogen) atoms.